The average Bonchev–Trinajstić information content (AvgIpc) is 2.19. The fourth-order valence-corrected chi connectivity index (χ4v) is 3.10. The van der Waals surface area contributed by atoms with Gasteiger partial charge in [0.05, 0.1) is 6.42 Å². The zero-order chi connectivity index (χ0) is 11.7. The number of hydrogen-bond donors (Lipinski definition) is 2. The summed E-state index contributed by atoms with van der Waals surface area (Å²) in [6.45, 7) is 1.99. The molecule has 0 saturated heterocycles. The molecule has 86 valence electrons. The fourth-order valence-electron chi connectivity index (χ4n) is 1.71. The van der Waals surface area contributed by atoms with Crippen molar-refractivity contribution in [2.75, 3.05) is 5.32 Å². The Morgan fingerprint density at radius 2 is 2.38 bits per heavy atom. The largest absolute Gasteiger partial charge is 0.481 e. The van der Waals surface area contributed by atoms with Gasteiger partial charge >= 0.3 is 5.97 Å². The van der Waals surface area contributed by atoms with E-state index in [9.17, 15) is 4.79 Å². The van der Waals surface area contributed by atoms with Gasteiger partial charge in [0, 0.05) is 26.9 Å². The van der Waals surface area contributed by atoms with Crippen molar-refractivity contribution in [2.45, 2.75) is 29.5 Å². The van der Waals surface area contributed by atoms with Gasteiger partial charge in [-0.1, -0.05) is 11.6 Å². The predicted octanol–water partition coefficient (Wildman–Crippen LogP) is 3.09. The summed E-state index contributed by atoms with van der Waals surface area (Å²) in [7, 11) is 0. The van der Waals surface area contributed by atoms with Crippen LogP contribution in [0.3, 0.4) is 0 Å². The number of rotatable bonds is 2. The molecule has 0 saturated carbocycles. The molecular weight excluding hydrogens is 246 g/mol. The zero-order valence-corrected chi connectivity index (χ0v) is 10.3. The number of carboxylic acid groups (broad SMARTS) is 1. The maximum absolute atomic E-state index is 10.7. The average molecular weight is 258 g/mol. The van der Waals surface area contributed by atoms with E-state index in [0.29, 0.717) is 5.02 Å². The van der Waals surface area contributed by atoms with E-state index < -0.39 is 5.97 Å². The van der Waals surface area contributed by atoms with Crippen LogP contribution in [-0.4, -0.2) is 22.4 Å². The molecule has 2 rings (SSSR count). The molecule has 0 bridgehead atoms. The molecule has 2 N–H and O–H groups in total. The van der Waals surface area contributed by atoms with Gasteiger partial charge in [0.2, 0.25) is 0 Å². The van der Waals surface area contributed by atoms with Crippen molar-refractivity contribution in [3.63, 3.8) is 0 Å². The molecule has 0 fully saturated rings. The normalized spacial score (nSPS) is 23.4. The number of halogens is 1. The first-order valence-corrected chi connectivity index (χ1v) is 6.26. The standard InChI is InChI=1S/C11H12ClNO2S/c1-6-10(5-11(14)15)16-9-3-2-7(12)4-8(9)13-6/h2-4,6,10,13H,5H2,1H3,(H,14,15). The highest BCUT2D eigenvalue weighted by Crippen LogP contribution is 2.40. The number of aliphatic carboxylic acids is 1. The SMILES string of the molecule is CC1Nc2cc(Cl)ccc2SC1CC(=O)O. The van der Waals surface area contributed by atoms with E-state index in [1.54, 1.807) is 11.8 Å². The number of benzene rings is 1. The van der Waals surface area contributed by atoms with Gasteiger partial charge in [0.15, 0.2) is 0 Å². The van der Waals surface area contributed by atoms with Crippen molar-refractivity contribution in [3.8, 4) is 0 Å². The Balaban J connectivity index is 2.21. The third kappa shape index (κ3) is 2.44. The number of carbonyl (C=O) groups is 1. The second-order valence-electron chi connectivity index (χ2n) is 3.83. The minimum atomic E-state index is -0.761. The molecule has 0 aliphatic carbocycles. The lowest BCUT2D eigenvalue weighted by Crippen LogP contribution is -2.33. The lowest BCUT2D eigenvalue weighted by atomic mass is 10.1. The number of thioether (sulfide) groups is 1. The maximum atomic E-state index is 10.7. The van der Waals surface area contributed by atoms with Crippen molar-refractivity contribution in [2.24, 2.45) is 0 Å². The zero-order valence-electron chi connectivity index (χ0n) is 8.74. The van der Waals surface area contributed by atoms with E-state index in [1.165, 1.54) is 0 Å². The van der Waals surface area contributed by atoms with E-state index in [0.717, 1.165) is 10.6 Å². The minimum absolute atomic E-state index is 0.0613. The molecule has 2 unspecified atom stereocenters. The van der Waals surface area contributed by atoms with E-state index in [4.69, 9.17) is 16.7 Å². The van der Waals surface area contributed by atoms with Crippen molar-refractivity contribution in [3.05, 3.63) is 23.2 Å². The first-order valence-electron chi connectivity index (χ1n) is 5.01. The molecule has 1 heterocycles. The number of nitrogens with one attached hydrogen (secondary N) is 1. The van der Waals surface area contributed by atoms with Crippen LogP contribution in [0.1, 0.15) is 13.3 Å². The minimum Gasteiger partial charge on any atom is -0.481 e. The summed E-state index contributed by atoms with van der Waals surface area (Å²) in [5, 5.41) is 12.9. The molecule has 3 nitrogen and oxygen atoms in total. The topological polar surface area (TPSA) is 49.3 Å². The summed E-state index contributed by atoms with van der Waals surface area (Å²) >= 11 is 7.50. The van der Waals surface area contributed by atoms with Crippen LogP contribution < -0.4 is 5.32 Å². The van der Waals surface area contributed by atoms with E-state index >= 15 is 0 Å². The Kier molecular flexibility index (Phi) is 3.30. The molecule has 1 aliphatic heterocycles. The van der Waals surface area contributed by atoms with Crippen LogP contribution in [0.2, 0.25) is 5.02 Å². The number of fused-ring (bicyclic) bond motifs is 1. The quantitative estimate of drug-likeness (QED) is 0.855. The van der Waals surface area contributed by atoms with Gasteiger partial charge < -0.3 is 10.4 Å². The third-order valence-corrected chi connectivity index (χ3v) is 4.26. The van der Waals surface area contributed by atoms with Crippen LogP contribution in [0.5, 0.6) is 0 Å². The fraction of sp³-hybridized carbons (Fsp3) is 0.364. The predicted molar refractivity (Wildman–Crippen MR) is 66.4 cm³/mol. The molecule has 5 heteroatoms. The van der Waals surface area contributed by atoms with Crippen LogP contribution in [0.4, 0.5) is 5.69 Å². The summed E-state index contributed by atoms with van der Waals surface area (Å²) in [6, 6.07) is 5.75. The van der Waals surface area contributed by atoms with Gasteiger partial charge in [0.25, 0.3) is 0 Å². The Morgan fingerprint density at radius 3 is 3.06 bits per heavy atom. The van der Waals surface area contributed by atoms with Crippen LogP contribution in [0.25, 0.3) is 0 Å². The highest BCUT2D eigenvalue weighted by Gasteiger charge is 2.27. The van der Waals surface area contributed by atoms with E-state index in [2.05, 4.69) is 5.32 Å². The second-order valence-corrected chi connectivity index (χ2v) is 5.55. The van der Waals surface area contributed by atoms with Gasteiger partial charge in [-0.3, -0.25) is 4.79 Å². The third-order valence-electron chi connectivity index (χ3n) is 2.54. The van der Waals surface area contributed by atoms with Crippen LogP contribution in [0.15, 0.2) is 23.1 Å². The molecule has 0 aromatic heterocycles. The van der Waals surface area contributed by atoms with E-state index in [1.807, 2.05) is 25.1 Å². The summed E-state index contributed by atoms with van der Waals surface area (Å²) in [5.41, 5.74) is 0.992. The number of anilines is 1. The highest BCUT2D eigenvalue weighted by atomic mass is 35.5. The smallest absolute Gasteiger partial charge is 0.304 e. The van der Waals surface area contributed by atoms with Crippen molar-refractivity contribution >= 4 is 35.0 Å². The summed E-state index contributed by atoms with van der Waals surface area (Å²) < 4.78 is 0. The summed E-state index contributed by atoms with van der Waals surface area (Å²) in [4.78, 5) is 11.8. The lowest BCUT2D eigenvalue weighted by Gasteiger charge is -2.31. The van der Waals surface area contributed by atoms with Crippen molar-refractivity contribution in [1.29, 1.82) is 0 Å². The molecular formula is C11H12ClNO2S. The number of carboxylic acids is 1. The molecule has 0 spiro atoms. The molecule has 16 heavy (non-hydrogen) atoms. The molecule has 1 aliphatic rings. The first kappa shape index (κ1) is 11.6. The van der Waals surface area contributed by atoms with Gasteiger partial charge in [0.1, 0.15) is 0 Å². The lowest BCUT2D eigenvalue weighted by molar-refractivity contribution is -0.137. The van der Waals surface area contributed by atoms with Gasteiger partial charge in [-0.2, -0.15) is 0 Å². The number of hydrogen-bond acceptors (Lipinski definition) is 3. The monoisotopic (exact) mass is 257 g/mol. The van der Waals surface area contributed by atoms with Gasteiger partial charge in [-0.25, -0.2) is 0 Å². The Bertz CT molecular complexity index is 424. The van der Waals surface area contributed by atoms with Crippen LogP contribution >= 0.6 is 23.4 Å². The molecule has 0 radical (unpaired) electrons. The first-order chi connectivity index (χ1) is 7.56. The van der Waals surface area contributed by atoms with Gasteiger partial charge in [-0.15, -0.1) is 11.8 Å². The molecule has 1 aromatic rings. The Morgan fingerprint density at radius 1 is 1.62 bits per heavy atom. The highest BCUT2D eigenvalue weighted by molar-refractivity contribution is 8.00. The second kappa shape index (κ2) is 4.55. The molecule has 2 atom stereocenters. The van der Waals surface area contributed by atoms with Crippen LogP contribution in [-0.2, 0) is 4.79 Å². The summed E-state index contributed by atoms with van der Waals surface area (Å²) in [5.74, 6) is -0.761. The molecule has 0 amide bonds. The van der Waals surface area contributed by atoms with E-state index in [-0.39, 0.29) is 17.7 Å². The van der Waals surface area contributed by atoms with Crippen molar-refractivity contribution < 1.29 is 9.90 Å². The van der Waals surface area contributed by atoms with Crippen molar-refractivity contribution in [1.82, 2.24) is 0 Å². The Labute approximate surface area is 103 Å². The maximum Gasteiger partial charge on any atom is 0.304 e. The van der Waals surface area contributed by atoms with Crippen LogP contribution in [0, 0.1) is 0 Å². The summed E-state index contributed by atoms with van der Waals surface area (Å²) in [6.07, 6.45) is 0.168. The van der Waals surface area contributed by atoms with Gasteiger partial charge in [-0.05, 0) is 25.1 Å². The molecule has 1 aromatic carbocycles. The Hall–Kier alpha value is -0.870.